The Morgan fingerprint density at radius 3 is 2.19 bits per heavy atom. The van der Waals surface area contributed by atoms with Crippen LogP contribution in [0.25, 0.3) is 0 Å². The van der Waals surface area contributed by atoms with E-state index in [9.17, 15) is 14.0 Å². The Balaban J connectivity index is 2.34. The fraction of sp³-hybridized carbons (Fsp3) is 0.417. The van der Waals surface area contributed by atoms with Gasteiger partial charge in [-0.05, 0) is 67.8 Å². The van der Waals surface area contributed by atoms with Gasteiger partial charge in [0.2, 0.25) is 0 Å². The summed E-state index contributed by atoms with van der Waals surface area (Å²) in [6.07, 6.45) is 0. The van der Waals surface area contributed by atoms with Crippen molar-refractivity contribution >= 4 is 23.3 Å². The highest BCUT2D eigenvalue weighted by molar-refractivity contribution is 5.94. The van der Waals surface area contributed by atoms with Gasteiger partial charge in [0, 0.05) is 50.2 Å². The maximum atomic E-state index is 13.3. The standard InChI is InChI=1S/C24H33FN4O2/c1-16(2)14-29(23(30)18-7-9-20(25)10-8-18)15-19-13-21(11-12-22(19)28(5)6)27-24(31)26-17(3)4/h7-13,16-17H,14-15H2,1-6H3,(H2,26,27,31). The second kappa shape index (κ2) is 10.8. The molecular weight excluding hydrogens is 395 g/mol. The van der Waals surface area contributed by atoms with Gasteiger partial charge in [-0.1, -0.05) is 13.8 Å². The van der Waals surface area contributed by atoms with Crippen molar-refractivity contribution in [3.8, 4) is 0 Å². The average molecular weight is 429 g/mol. The first kappa shape index (κ1) is 24.2. The first-order valence-corrected chi connectivity index (χ1v) is 10.5. The number of nitrogens with one attached hydrogen (secondary N) is 2. The van der Waals surface area contributed by atoms with E-state index in [1.54, 1.807) is 4.90 Å². The third kappa shape index (κ3) is 7.27. The summed E-state index contributed by atoms with van der Waals surface area (Å²) in [6.45, 7) is 8.80. The van der Waals surface area contributed by atoms with Crippen LogP contribution in [0.2, 0.25) is 0 Å². The molecule has 2 rings (SSSR count). The number of nitrogens with zero attached hydrogens (tertiary/aromatic N) is 2. The molecule has 0 atom stereocenters. The Morgan fingerprint density at radius 1 is 1.00 bits per heavy atom. The van der Waals surface area contributed by atoms with E-state index in [4.69, 9.17) is 0 Å². The summed E-state index contributed by atoms with van der Waals surface area (Å²) < 4.78 is 13.3. The minimum Gasteiger partial charge on any atom is -0.377 e. The number of carbonyl (C=O) groups is 2. The smallest absolute Gasteiger partial charge is 0.319 e. The molecule has 0 unspecified atom stereocenters. The molecule has 31 heavy (non-hydrogen) atoms. The normalized spacial score (nSPS) is 10.9. The highest BCUT2D eigenvalue weighted by Crippen LogP contribution is 2.25. The lowest BCUT2D eigenvalue weighted by Crippen LogP contribution is -2.35. The monoisotopic (exact) mass is 428 g/mol. The zero-order valence-electron chi connectivity index (χ0n) is 19.2. The summed E-state index contributed by atoms with van der Waals surface area (Å²) >= 11 is 0. The van der Waals surface area contributed by atoms with E-state index in [0.717, 1.165) is 11.3 Å². The van der Waals surface area contributed by atoms with E-state index >= 15 is 0 Å². The summed E-state index contributed by atoms with van der Waals surface area (Å²) in [5.74, 6) is -0.278. The molecule has 0 aliphatic carbocycles. The summed E-state index contributed by atoms with van der Waals surface area (Å²) in [7, 11) is 3.87. The molecule has 2 N–H and O–H groups in total. The molecule has 6 nitrogen and oxygen atoms in total. The molecule has 2 aromatic rings. The fourth-order valence-electron chi connectivity index (χ4n) is 3.30. The molecule has 2 aromatic carbocycles. The Hall–Kier alpha value is -3.09. The summed E-state index contributed by atoms with van der Waals surface area (Å²) in [5, 5.41) is 5.65. The van der Waals surface area contributed by atoms with Gasteiger partial charge in [-0.3, -0.25) is 4.79 Å². The largest absolute Gasteiger partial charge is 0.377 e. The number of halogens is 1. The molecule has 0 saturated heterocycles. The van der Waals surface area contributed by atoms with Crippen molar-refractivity contribution in [3.05, 3.63) is 59.4 Å². The molecule has 0 aromatic heterocycles. The lowest BCUT2D eigenvalue weighted by molar-refractivity contribution is 0.0723. The number of hydrogen-bond acceptors (Lipinski definition) is 3. The second-order valence-corrected chi connectivity index (χ2v) is 8.58. The van der Waals surface area contributed by atoms with Crippen molar-refractivity contribution in [1.29, 1.82) is 0 Å². The maximum absolute atomic E-state index is 13.3. The topological polar surface area (TPSA) is 64.7 Å². The second-order valence-electron chi connectivity index (χ2n) is 8.58. The molecule has 0 spiro atoms. The van der Waals surface area contributed by atoms with Crippen molar-refractivity contribution in [2.24, 2.45) is 5.92 Å². The Morgan fingerprint density at radius 2 is 1.65 bits per heavy atom. The molecule has 0 aliphatic heterocycles. The zero-order valence-corrected chi connectivity index (χ0v) is 19.2. The van der Waals surface area contributed by atoms with Gasteiger partial charge in [-0.2, -0.15) is 0 Å². The quantitative estimate of drug-likeness (QED) is 0.639. The third-order valence-electron chi connectivity index (χ3n) is 4.56. The maximum Gasteiger partial charge on any atom is 0.319 e. The van der Waals surface area contributed by atoms with E-state index in [0.29, 0.717) is 24.3 Å². The Labute approximate surface area is 184 Å². The first-order chi connectivity index (χ1) is 14.6. The number of hydrogen-bond donors (Lipinski definition) is 2. The molecule has 0 radical (unpaired) electrons. The van der Waals surface area contributed by atoms with Gasteiger partial charge in [0.25, 0.3) is 5.91 Å². The average Bonchev–Trinajstić information content (AvgIpc) is 2.66. The molecule has 0 bridgehead atoms. The molecular formula is C24H33FN4O2. The molecule has 168 valence electrons. The van der Waals surface area contributed by atoms with Crippen molar-refractivity contribution < 1.29 is 14.0 Å². The van der Waals surface area contributed by atoms with E-state index in [1.807, 2.05) is 64.9 Å². The van der Waals surface area contributed by atoms with Crippen LogP contribution in [0.4, 0.5) is 20.6 Å². The number of urea groups is 1. The predicted molar refractivity (Wildman–Crippen MR) is 124 cm³/mol. The molecule has 7 heteroatoms. The van der Waals surface area contributed by atoms with Gasteiger partial charge < -0.3 is 20.4 Å². The van der Waals surface area contributed by atoms with Crippen LogP contribution in [0.3, 0.4) is 0 Å². The van der Waals surface area contributed by atoms with Gasteiger partial charge in [-0.15, -0.1) is 0 Å². The van der Waals surface area contributed by atoms with Gasteiger partial charge >= 0.3 is 6.03 Å². The summed E-state index contributed by atoms with van der Waals surface area (Å²) in [4.78, 5) is 29.0. The SMILES string of the molecule is CC(C)CN(Cc1cc(NC(=O)NC(C)C)ccc1N(C)C)C(=O)c1ccc(F)cc1. The fourth-order valence-corrected chi connectivity index (χ4v) is 3.30. The minimum atomic E-state index is -0.375. The first-order valence-electron chi connectivity index (χ1n) is 10.5. The van der Waals surface area contributed by atoms with Crippen LogP contribution < -0.4 is 15.5 Å². The summed E-state index contributed by atoms with van der Waals surface area (Å²) in [5.41, 5.74) is 2.95. The minimum absolute atomic E-state index is 0.0235. The van der Waals surface area contributed by atoms with Gasteiger partial charge in [0.05, 0.1) is 0 Å². The van der Waals surface area contributed by atoms with Crippen LogP contribution in [0, 0.1) is 11.7 Å². The number of rotatable bonds is 8. The molecule has 0 fully saturated rings. The van der Waals surface area contributed by atoms with Crippen molar-refractivity contribution in [1.82, 2.24) is 10.2 Å². The predicted octanol–water partition coefficient (Wildman–Crippen LogP) is 4.72. The molecule has 3 amide bonds. The zero-order chi connectivity index (χ0) is 23.1. The van der Waals surface area contributed by atoms with Crippen LogP contribution in [0.5, 0.6) is 0 Å². The van der Waals surface area contributed by atoms with Crippen LogP contribution >= 0.6 is 0 Å². The number of benzene rings is 2. The molecule has 0 saturated carbocycles. The van der Waals surface area contributed by atoms with E-state index < -0.39 is 0 Å². The van der Waals surface area contributed by atoms with Crippen molar-refractivity contribution in [2.45, 2.75) is 40.3 Å². The van der Waals surface area contributed by atoms with Crippen LogP contribution in [0.15, 0.2) is 42.5 Å². The third-order valence-corrected chi connectivity index (χ3v) is 4.56. The van der Waals surface area contributed by atoms with Crippen molar-refractivity contribution in [3.63, 3.8) is 0 Å². The van der Waals surface area contributed by atoms with Gasteiger partial charge in [0.15, 0.2) is 0 Å². The van der Waals surface area contributed by atoms with E-state index in [1.165, 1.54) is 24.3 Å². The van der Waals surface area contributed by atoms with Crippen LogP contribution in [-0.4, -0.2) is 43.5 Å². The Bertz CT molecular complexity index is 895. The number of carbonyl (C=O) groups excluding carboxylic acids is 2. The number of amides is 3. The number of anilines is 2. The summed E-state index contributed by atoms with van der Waals surface area (Å²) in [6, 6.07) is 11.0. The lowest BCUT2D eigenvalue weighted by atomic mass is 10.1. The van der Waals surface area contributed by atoms with Gasteiger partial charge in [-0.25, -0.2) is 9.18 Å². The molecule has 0 heterocycles. The highest BCUT2D eigenvalue weighted by Gasteiger charge is 2.20. The van der Waals surface area contributed by atoms with E-state index in [2.05, 4.69) is 10.6 Å². The van der Waals surface area contributed by atoms with E-state index in [-0.39, 0.29) is 29.7 Å². The Kier molecular flexibility index (Phi) is 8.42. The van der Waals surface area contributed by atoms with Gasteiger partial charge in [0.1, 0.15) is 5.82 Å². The van der Waals surface area contributed by atoms with Crippen LogP contribution in [0.1, 0.15) is 43.6 Å². The van der Waals surface area contributed by atoms with Crippen molar-refractivity contribution in [2.75, 3.05) is 30.9 Å². The lowest BCUT2D eigenvalue weighted by Gasteiger charge is -2.28. The molecule has 0 aliphatic rings. The highest BCUT2D eigenvalue weighted by atomic mass is 19.1. The van der Waals surface area contributed by atoms with Crippen LogP contribution in [-0.2, 0) is 6.54 Å².